The van der Waals surface area contributed by atoms with Gasteiger partial charge in [0.1, 0.15) is 0 Å². The molecular weight excluding hydrogens is 410 g/mol. The third-order valence-electron chi connectivity index (χ3n) is 4.82. The Balaban J connectivity index is 1.72. The van der Waals surface area contributed by atoms with E-state index in [4.69, 9.17) is 23.0 Å². The largest absolute Gasteiger partial charge is 0.481 e. The Morgan fingerprint density at radius 1 is 1.16 bits per heavy atom. The Hall–Kier alpha value is -4.26. The number of nitrogens with two attached hydrogens (primary N) is 2. The number of hydrogen-bond donors (Lipinski definition) is 4. The van der Waals surface area contributed by atoms with E-state index in [1.54, 1.807) is 18.3 Å². The molecule has 0 aliphatic heterocycles. The summed E-state index contributed by atoms with van der Waals surface area (Å²) in [6.07, 6.45) is 8.54. The van der Waals surface area contributed by atoms with Crippen LogP contribution in [-0.2, 0) is 11.2 Å². The fourth-order valence-electron chi connectivity index (χ4n) is 3.23. The van der Waals surface area contributed by atoms with Crippen LogP contribution >= 0.6 is 0 Å². The number of carbonyl (C=O) groups excluding carboxylic acids is 1. The van der Waals surface area contributed by atoms with Gasteiger partial charge in [-0.15, -0.1) is 12.3 Å². The molecule has 3 aromatic rings. The number of nitrogen functional groups attached to an aromatic ring is 2. The van der Waals surface area contributed by atoms with Gasteiger partial charge < -0.3 is 21.9 Å². The van der Waals surface area contributed by atoms with Gasteiger partial charge in [0.25, 0.3) is 5.91 Å². The van der Waals surface area contributed by atoms with Crippen molar-refractivity contribution in [2.75, 3.05) is 18.0 Å². The summed E-state index contributed by atoms with van der Waals surface area (Å²) in [4.78, 5) is 39.5. The van der Waals surface area contributed by atoms with Crippen molar-refractivity contribution in [3.63, 3.8) is 0 Å². The molecule has 0 saturated carbocycles. The van der Waals surface area contributed by atoms with Crippen LogP contribution in [0.15, 0.2) is 30.5 Å². The van der Waals surface area contributed by atoms with Gasteiger partial charge in [0.15, 0.2) is 17.0 Å². The summed E-state index contributed by atoms with van der Waals surface area (Å²) in [5, 5.41) is 11.4. The fraction of sp³-hybridized carbons (Fsp3) is 0.273. The lowest BCUT2D eigenvalue weighted by molar-refractivity contribution is -0.137. The van der Waals surface area contributed by atoms with E-state index in [9.17, 15) is 9.59 Å². The number of fused-ring (bicyclic) bond motifs is 1. The van der Waals surface area contributed by atoms with Gasteiger partial charge in [0.05, 0.1) is 11.9 Å². The first-order valence-electron chi connectivity index (χ1n) is 9.95. The lowest BCUT2D eigenvalue weighted by Crippen LogP contribution is -2.24. The number of terminal acetylenes is 1. The molecule has 3 rings (SSSR count). The number of amides is 1. The lowest BCUT2D eigenvalue weighted by Gasteiger charge is -2.15. The number of hydrogen-bond acceptors (Lipinski definition) is 8. The Bertz CT molecular complexity index is 1170. The third kappa shape index (κ3) is 5.66. The molecule has 0 aliphatic rings. The second kappa shape index (κ2) is 10.2. The number of carboxylic acid groups (broad SMARTS) is 1. The van der Waals surface area contributed by atoms with Crippen molar-refractivity contribution in [1.29, 1.82) is 0 Å². The first-order valence-corrected chi connectivity index (χ1v) is 9.95. The topological polar surface area (TPSA) is 170 Å². The van der Waals surface area contributed by atoms with E-state index < -0.39 is 5.97 Å². The minimum absolute atomic E-state index is 0.00973. The Kier molecular flexibility index (Phi) is 7.13. The number of nitrogens with one attached hydrogen (secondary N) is 1. The van der Waals surface area contributed by atoms with Crippen LogP contribution in [0, 0.1) is 12.3 Å². The summed E-state index contributed by atoms with van der Waals surface area (Å²) in [5.74, 6) is 1.68. The molecule has 0 fully saturated rings. The number of aliphatic carboxylic acids is 1. The summed E-state index contributed by atoms with van der Waals surface area (Å²) < 4.78 is 0. The summed E-state index contributed by atoms with van der Waals surface area (Å²) in [6, 6.07) is 7.12. The highest BCUT2D eigenvalue weighted by atomic mass is 16.4. The van der Waals surface area contributed by atoms with E-state index in [1.807, 2.05) is 12.1 Å². The van der Waals surface area contributed by atoms with Crippen molar-refractivity contribution >= 4 is 34.8 Å². The van der Waals surface area contributed by atoms with Gasteiger partial charge in [-0.2, -0.15) is 9.97 Å². The molecule has 10 nitrogen and oxygen atoms in total. The van der Waals surface area contributed by atoms with Crippen LogP contribution in [0.2, 0.25) is 0 Å². The molecular formula is C22H23N7O3. The van der Waals surface area contributed by atoms with Crippen molar-refractivity contribution in [2.45, 2.75) is 31.6 Å². The van der Waals surface area contributed by atoms with Gasteiger partial charge in [0, 0.05) is 30.9 Å². The van der Waals surface area contributed by atoms with Gasteiger partial charge >= 0.3 is 5.97 Å². The van der Waals surface area contributed by atoms with E-state index in [0.717, 1.165) is 5.56 Å². The average molecular weight is 433 g/mol. The van der Waals surface area contributed by atoms with Crippen LogP contribution in [0.4, 0.5) is 11.8 Å². The van der Waals surface area contributed by atoms with Crippen molar-refractivity contribution < 1.29 is 14.7 Å². The second-order valence-electron chi connectivity index (χ2n) is 7.19. The van der Waals surface area contributed by atoms with Crippen LogP contribution < -0.4 is 16.8 Å². The number of nitrogens with zero attached hydrogens (tertiary/aromatic N) is 4. The number of benzene rings is 1. The molecule has 2 heterocycles. The van der Waals surface area contributed by atoms with Gasteiger partial charge in [-0.3, -0.25) is 9.59 Å². The minimum Gasteiger partial charge on any atom is -0.481 e. The molecule has 1 atom stereocenters. The quantitative estimate of drug-likeness (QED) is 0.288. The normalized spacial score (nSPS) is 11.6. The van der Waals surface area contributed by atoms with Gasteiger partial charge in [-0.25, -0.2) is 9.97 Å². The molecule has 0 aliphatic carbocycles. The van der Waals surface area contributed by atoms with Crippen molar-refractivity contribution in [1.82, 2.24) is 25.3 Å². The highest BCUT2D eigenvalue weighted by Gasteiger charge is 2.16. The number of carbonyl (C=O) groups is 2. The van der Waals surface area contributed by atoms with E-state index in [-0.39, 0.29) is 30.0 Å². The van der Waals surface area contributed by atoms with Crippen LogP contribution in [0.3, 0.4) is 0 Å². The lowest BCUT2D eigenvalue weighted by atomic mass is 9.91. The van der Waals surface area contributed by atoms with E-state index in [0.29, 0.717) is 48.2 Å². The second-order valence-corrected chi connectivity index (χ2v) is 7.19. The third-order valence-corrected chi connectivity index (χ3v) is 4.82. The molecule has 1 amide bonds. The highest BCUT2D eigenvalue weighted by Crippen LogP contribution is 2.25. The first kappa shape index (κ1) is 22.4. The zero-order chi connectivity index (χ0) is 23.1. The Labute approximate surface area is 184 Å². The molecule has 0 saturated heterocycles. The zero-order valence-corrected chi connectivity index (χ0v) is 17.3. The maximum absolute atomic E-state index is 12.2. The summed E-state index contributed by atoms with van der Waals surface area (Å²) in [5.41, 5.74) is 14.3. The Morgan fingerprint density at radius 2 is 1.91 bits per heavy atom. The zero-order valence-electron chi connectivity index (χ0n) is 17.3. The van der Waals surface area contributed by atoms with Crippen LogP contribution in [0.1, 0.15) is 46.8 Å². The van der Waals surface area contributed by atoms with Crippen LogP contribution in [-0.4, -0.2) is 43.5 Å². The minimum atomic E-state index is -0.890. The monoisotopic (exact) mass is 433 g/mol. The highest BCUT2D eigenvalue weighted by molar-refractivity contribution is 5.94. The SMILES string of the molecule is C#CCC(Cc1cnc2nc(N)nc(N)c2n1)c1ccc(C(=O)NCCCC(=O)O)cc1. The van der Waals surface area contributed by atoms with Gasteiger partial charge in [0.2, 0.25) is 5.95 Å². The van der Waals surface area contributed by atoms with E-state index in [1.165, 1.54) is 0 Å². The number of anilines is 2. The number of aromatic nitrogens is 4. The summed E-state index contributed by atoms with van der Waals surface area (Å²) >= 11 is 0. The average Bonchev–Trinajstić information content (AvgIpc) is 2.76. The molecule has 0 bridgehead atoms. The molecule has 164 valence electrons. The first-order chi connectivity index (χ1) is 15.4. The van der Waals surface area contributed by atoms with E-state index >= 15 is 0 Å². The number of rotatable bonds is 9. The van der Waals surface area contributed by atoms with Gasteiger partial charge in [-0.1, -0.05) is 12.1 Å². The predicted octanol–water partition coefficient (Wildman–Crippen LogP) is 1.53. The molecule has 1 unspecified atom stereocenters. The molecule has 32 heavy (non-hydrogen) atoms. The molecule has 10 heteroatoms. The molecule has 6 N–H and O–H groups in total. The van der Waals surface area contributed by atoms with Crippen LogP contribution in [0.5, 0.6) is 0 Å². The smallest absolute Gasteiger partial charge is 0.303 e. The fourth-order valence-corrected chi connectivity index (χ4v) is 3.23. The molecule has 1 aromatic carbocycles. The molecule has 2 aromatic heterocycles. The van der Waals surface area contributed by atoms with Crippen molar-refractivity contribution in [3.05, 3.63) is 47.3 Å². The van der Waals surface area contributed by atoms with Crippen LogP contribution in [0.25, 0.3) is 11.2 Å². The molecule has 0 spiro atoms. The molecule has 0 radical (unpaired) electrons. The van der Waals surface area contributed by atoms with Gasteiger partial charge in [-0.05, 0) is 30.5 Å². The van der Waals surface area contributed by atoms with E-state index in [2.05, 4.69) is 31.2 Å². The number of carboxylic acids is 1. The van der Waals surface area contributed by atoms with Crippen molar-refractivity contribution in [2.24, 2.45) is 0 Å². The standard InChI is InChI=1S/C22H23N7O3/c1-2-4-15(11-16-12-26-20-18(27-16)19(23)28-22(24)29-20)13-6-8-14(9-7-13)21(32)25-10-3-5-17(30)31/h1,6-9,12,15H,3-5,10-11H2,(H,25,32)(H,30,31)(H4,23,24,26,28,29). The van der Waals surface area contributed by atoms with Crippen molar-refractivity contribution in [3.8, 4) is 12.3 Å². The summed E-state index contributed by atoms with van der Waals surface area (Å²) in [7, 11) is 0. The Morgan fingerprint density at radius 3 is 2.59 bits per heavy atom. The maximum atomic E-state index is 12.2. The predicted molar refractivity (Wildman–Crippen MR) is 119 cm³/mol. The summed E-state index contributed by atoms with van der Waals surface area (Å²) in [6.45, 7) is 0.297. The maximum Gasteiger partial charge on any atom is 0.303 e.